The Hall–Kier alpha value is -9.14. The molecule has 0 spiro atoms. The summed E-state index contributed by atoms with van der Waals surface area (Å²) in [7, 11) is -5.09. The maximum absolute atomic E-state index is 14.4. The number of imide groups is 1. The summed E-state index contributed by atoms with van der Waals surface area (Å²) in [5, 5.41) is 12.0. The Kier molecular flexibility index (Phi) is 26.6. The first-order valence-electron chi connectivity index (χ1n) is 26.2. The number of carboxylic acid groups (broad SMARTS) is 1. The van der Waals surface area contributed by atoms with E-state index in [1.54, 1.807) is 16.4 Å². The van der Waals surface area contributed by atoms with Crippen molar-refractivity contribution in [2.45, 2.75) is 87.0 Å². The highest BCUT2D eigenvalue weighted by molar-refractivity contribution is 7.90. The smallest absolute Gasteiger partial charge is 0.389 e. The molecular formula is C53H61ClF4N13O17PS2. The van der Waals surface area contributed by atoms with Crippen molar-refractivity contribution in [3.05, 3.63) is 99.7 Å². The molecular weight excluding hydrogens is 1300 g/mol. The summed E-state index contributed by atoms with van der Waals surface area (Å²) < 4.78 is 136. The molecule has 0 fully saturated rings. The normalized spacial score (nSPS) is 14.1. The number of carbonyl (C=O) groups excluding carboxylic acids is 5. The minimum Gasteiger partial charge on any atom is -0.481 e. The van der Waals surface area contributed by atoms with Crippen LogP contribution >= 0.6 is 19.0 Å². The minimum atomic E-state index is -4.46. The molecule has 8 N–H and O–H groups in total. The van der Waals surface area contributed by atoms with E-state index in [4.69, 9.17) is 52.7 Å². The van der Waals surface area contributed by atoms with Crippen LogP contribution in [-0.2, 0) is 45.4 Å². The molecule has 1 aliphatic carbocycles. The highest BCUT2D eigenvalue weighted by Crippen LogP contribution is 2.40. The van der Waals surface area contributed by atoms with Gasteiger partial charge in [0.2, 0.25) is 23.7 Å². The van der Waals surface area contributed by atoms with E-state index in [2.05, 4.69) is 46.5 Å². The number of pyridine rings is 1. The van der Waals surface area contributed by atoms with Gasteiger partial charge in [0.15, 0.2) is 18.5 Å². The van der Waals surface area contributed by atoms with Gasteiger partial charge in [-0.25, -0.2) is 41.7 Å². The van der Waals surface area contributed by atoms with Gasteiger partial charge in [-0.1, -0.05) is 35.7 Å². The number of terminal acetylenes is 1. The van der Waals surface area contributed by atoms with E-state index in [0.717, 1.165) is 29.9 Å². The molecule has 3 unspecified atom stereocenters. The van der Waals surface area contributed by atoms with Gasteiger partial charge in [-0.15, -0.1) is 6.42 Å². The van der Waals surface area contributed by atoms with Gasteiger partial charge in [-0.2, -0.15) is 46.5 Å². The SMILES string of the molecule is C#CC(C)Oc1cc(N2C(=O)C3=C(CCCC3)C2=O)c(F)cc1Cl.COc1cc(OC)nc(NC(=O)NS(=O)(=O)c2ncccc2C(=O)N(C)C)n1.COc1nc(C)nc(NC(=O)NS(=O)(=O)c2ccccc2CCC(F)(F)F)n1.CP(=O)(O)CCC(N)C(=O)O. The Morgan fingerprint density at radius 2 is 1.43 bits per heavy atom. The van der Waals surface area contributed by atoms with Gasteiger partial charge >= 0.3 is 30.2 Å². The number of rotatable bonds is 19. The standard InChI is InChI=1S/C18H15ClFNO3.C15H16F3N5O4S.C15H18N6O6S.C5H12NO4P/c1-3-10(2)24-16-9-15(14(20)8-13(16)19)21-17(22)11-6-4-5-7-12(11)18(21)23;1-9-19-12(22-14(20-9)27-2)21-13(24)23-28(25,26)11-6-4-3-5-10(11)7-8-15(16,17)18;1-21(2)13(22)9-6-5-7-16-12(9)28(24,25)20-15(23)19-14-17-10(26-3)8-11(18-14)27-4;1-11(9,10)3-2-4(6)5(7)8/h1,8-10H,4-7H2,2H3;3-6H,7-8H2,1-2H3,(H2,19,20,21,22,23,24);5-8H,1-4H3,(H2,17,18,19,20,23);4H,2-3,6H2,1H3,(H,7,8)(H,9,10). The van der Waals surface area contributed by atoms with E-state index in [-0.39, 0.29) is 75.7 Å². The molecule has 2 aliphatic rings. The molecule has 0 saturated heterocycles. The topological polar surface area (TPSA) is 423 Å². The van der Waals surface area contributed by atoms with Crippen LogP contribution in [-0.4, -0.2) is 164 Å². The fraction of sp³-hybridized carbons (Fsp3) is 0.358. The molecule has 1 aliphatic heterocycles. The maximum atomic E-state index is 14.4. The molecule has 2 aromatic carbocycles. The van der Waals surface area contributed by atoms with E-state index >= 15 is 0 Å². The average Bonchev–Trinajstić information content (AvgIpc) is 1.70. The van der Waals surface area contributed by atoms with E-state index in [1.807, 2.05) is 0 Å². The largest absolute Gasteiger partial charge is 0.481 e. The number of anilines is 3. The van der Waals surface area contributed by atoms with E-state index < -0.39 is 110 Å². The molecule has 3 aromatic heterocycles. The monoisotopic (exact) mass is 1360 g/mol. The number of carboxylic acids is 1. The van der Waals surface area contributed by atoms with Crippen molar-refractivity contribution in [3.63, 3.8) is 0 Å². The summed E-state index contributed by atoms with van der Waals surface area (Å²) in [5.74, 6) is -1.04. The van der Waals surface area contributed by atoms with Crippen molar-refractivity contribution in [1.29, 1.82) is 0 Å². The van der Waals surface area contributed by atoms with Crippen molar-refractivity contribution in [2.75, 3.05) is 63.8 Å². The van der Waals surface area contributed by atoms with Crippen LogP contribution in [0.4, 0.5) is 44.7 Å². The lowest BCUT2D eigenvalue weighted by Gasteiger charge is -2.19. The van der Waals surface area contributed by atoms with Crippen LogP contribution in [0.2, 0.25) is 5.02 Å². The van der Waals surface area contributed by atoms with Crippen LogP contribution in [0.3, 0.4) is 0 Å². The Labute approximate surface area is 523 Å². The van der Waals surface area contributed by atoms with Crippen LogP contribution in [0, 0.1) is 25.1 Å². The van der Waals surface area contributed by atoms with Crippen LogP contribution < -0.4 is 49.7 Å². The lowest BCUT2D eigenvalue weighted by molar-refractivity contribution is -0.138. The molecule has 4 heterocycles. The Morgan fingerprint density at radius 3 is 1.95 bits per heavy atom. The Morgan fingerprint density at radius 1 is 0.868 bits per heavy atom. The van der Waals surface area contributed by atoms with Gasteiger partial charge in [0.25, 0.3) is 37.8 Å². The first-order valence-corrected chi connectivity index (χ1v) is 31.8. The van der Waals surface area contributed by atoms with Crippen LogP contribution in [0.25, 0.3) is 0 Å². The Bertz CT molecular complexity index is 3850. The van der Waals surface area contributed by atoms with Gasteiger partial charge in [0, 0.05) is 56.8 Å². The third-order valence-corrected chi connectivity index (χ3v) is 16.0. The number of methoxy groups -OCH3 is 3. The molecule has 492 valence electrons. The number of aromatic nitrogens is 6. The minimum absolute atomic E-state index is 0.0233. The number of hydrogen-bond donors (Lipinski definition) is 7. The molecule has 0 bridgehead atoms. The van der Waals surface area contributed by atoms with Gasteiger partial charge in [-0.3, -0.25) is 34.4 Å². The number of hydrogen-bond acceptors (Lipinski definition) is 22. The molecule has 0 saturated carbocycles. The summed E-state index contributed by atoms with van der Waals surface area (Å²) in [4.78, 5) is 105. The highest BCUT2D eigenvalue weighted by Gasteiger charge is 2.41. The number of aryl methyl sites for hydroxylation is 2. The molecule has 7 rings (SSSR count). The number of nitrogens with zero attached hydrogens (tertiary/aromatic N) is 8. The first-order chi connectivity index (χ1) is 42.4. The van der Waals surface area contributed by atoms with Gasteiger partial charge in [0.1, 0.15) is 23.4 Å². The van der Waals surface area contributed by atoms with Gasteiger partial charge in [-0.05, 0) is 82.2 Å². The highest BCUT2D eigenvalue weighted by atomic mass is 35.5. The number of nitrogens with one attached hydrogen (secondary N) is 4. The predicted octanol–water partition coefficient (Wildman–Crippen LogP) is 5.61. The van der Waals surface area contributed by atoms with Crippen LogP contribution in [0.1, 0.15) is 67.2 Å². The van der Waals surface area contributed by atoms with Crippen molar-refractivity contribution in [2.24, 2.45) is 5.73 Å². The third-order valence-electron chi connectivity index (χ3n) is 11.9. The third kappa shape index (κ3) is 22.4. The number of aliphatic carboxylic acids is 1. The first kappa shape index (κ1) is 74.3. The molecule has 7 amide bonds. The average molecular weight is 1360 g/mol. The van der Waals surface area contributed by atoms with Crippen LogP contribution in [0.5, 0.6) is 23.5 Å². The molecule has 38 heteroatoms. The van der Waals surface area contributed by atoms with Crippen molar-refractivity contribution in [1.82, 2.24) is 44.2 Å². The zero-order chi connectivity index (χ0) is 68.3. The summed E-state index contributed by atoms with van der Waals surface area (Å²) in [6, 6.07) is 7.95. The lowest BCUT2D eigenvalue weighted by atomic mass is 9.93. The van der Waals surface area contributed by atoms with Crippen molar-refractivity contribution < 1.29 is 96.7 Å². The lowest BCUT2D eigenvalue weighted by Crippen LogP contribution is -2.36. The number of ether oxygens (including phenoxy) is 4. The number of benzene rings is 2. The number of urea groups is 2. The number of halogens is 5. The molecule has 0 radical (unpaired) electrons. The quantitative estimate of drug-likeness (QED) is 0.0229. The molecule has 30 nitrogen and oxygen atoms in total. The fourth-order valence-corrected chi connectivity index (χ4v) is 10.8. The van der Waals surface area contributed by atoms with Crippen molar-refractivity contribution in [3.8, 4) is 35.9 Å². The fourth-order valence-electron chi connectivity index (χ4n) is 7.60. The summed E-state index contributed by atoms with van der Waals surface area (Å²) in [6.07, 6.45) is 2.46. The number of alkyl halides is 3. The number of sulfonamides is 2. The van der Waals surface area contributed by atoms with Crippen LogP contribution in [0.15, 0.2) is 81.9 Å². The van der Waals surface area contributed by atoms with Gasteiger partial charge < -0.3 is 39.6 Å². The maximum Gasteiger partial charge on any atom is 0.389 e. The van der Waals surface area contributed by atoms with Gasteiger partial charge in [0.05, 0.1) is 48.6 Å². The molecule has 3 atom stereocenters. The van der Waals surface area contributed by atoms with E-state index in [9.17, 15) is 67.7 Å². The summed E-state index contributed by atoms with van der Waals surface area (Å²) in [6.45, 7) is 4.31. The second-order valence-electron chi connectivity index (χ2n) is 19.1. The summed E-state index contributed by atoms with van der Waals surface area (Å²) >= 11 is 5.97. The zero-order valence-electron chi connectivity index (χ0n) is 49.5. The molecule has 91 heavy (non-hydrogen) atoms. The second-order valence-corrected chi connectivity index (χ2v) is 25.4. The zero-order valence-corrected chi connectivity index (χ0v) is 52.8. The summed E-state index contributed by atoms with van der Waals surface area (Å²) in [5.41, 5.74) is 5.64. The molecule has 5 aromatic rings. The predicted molar refractivity (Wildman–Crippen MR) is 317 cm³/mol. The number of amides is 7. The van der Waals surface area contributed by atoms with Crippen molar-refractivity contribution >= 4 is 92.4 Å². The van der Waals surface area contributed by atoms with E-state index in [0.29, 0.717) is 24.0 Å². The second kappa shape index (κ2) is 32.6. The number of carbonyl (C=O) groups is 6. The Balaban J connectivity index is 0.000000270. The number of nitrogens with two attached hydrogens (primary N) is 1. The van der Waals surface area contributed by atoms with E-state index in [1.165, 1.54) is 103 Å².